The van der Waals surface area contributed by atoms with Crippen molar-refractivity contribution in [2.24, 2.45) is 0 Å². The largest absolute Gasteiger partial charge is 0.348 e. The molecule has 17 heavy (non-hydrogen) atoms. The van der Waals surface area contributed by atoms with E-state index in [0.717, 1.165) is 15.9 Å². The molecule has 2 rings (SSSR count). The van der Waals surface area contributed by atoms with Gasteiger partial charge in [-0.15, -0.1) is 0 Å². The molecule has 1 heterocycles. The van der Waals surface area contributed by atoms with Crippen molar-refractivity contribution in [2.75, 3.05) is 19.0 Å². The average molecular weight is 300 g/mol. The van der Waals surface area contributed by atoms with Crippen LogP contribution < -0.4 is 4.90 Å². The van der Waals surface area contributed by atoms with Gasteiger partial charge in [-0.3, -0.25) is 0 Å². The second kappa shape index (κ2) is 4.29. The van der Waals surface area contributed by atoms with Crippen LogP contribution in [0.5, 0.6) is 0 Å². The van der Waals surface area contributed by atoms with Crippen molar-refractivity contribution >= 4 is 32.9 Å². The van der Waals surface area contributed by atoms with Gasteiger partial charge < -0.3 is 9.47 Å². The smallest absolute Gasteiger partial charge is 0.206 e. The SMILES string of the molecule is CC(C)n1c(N(C)C)nc2c(F)cc(Br)cc21. The molecule has 5 heteroatoms. The summed E-state index contributed by atoms with van der Waals surface area (Å²) in [5, 5.41) is 0. The van der Waals surface area contributed by atoms with E-state index in [-0.39, 0.29) is 11.9 Å². The molecule has 92 valence electrons. The lowest BCUT2D eigenvalue weighted by molar-refractivity contribution is 0.614. The van der Waals surface area contributed by atoms with Crippen LogP contribution in [0.15, 0.2) is 16.6 Å². The third kappa shape index (κ3) is 2.04. The van der Waals surface area contributed by atoms with Crippen LogP contribution in [0.4, 0.5) is 10.3 Å². The van der Waals surface area contributed by atoms with Crippen LogP contribution >= 0.6 is 15.9 Å². The Morgan fingerprint density at radius 1 is 1.35 bits per heavy atom. The number of anilines is 1. The number of aromatic nitrogens is 2. The van der Waals surface area contributed by atoms with E-state index >= 15 is 0 Å². The Morgan fingerprint density at radius 3 is 2.53 bits per heavy atom. The minimum absolute atomic E-state index is 0.228. The Hall–Kier alpha value is -1.10. The summed E-state index contributed by atoms with van der Waals surface area (Å²) >= 11 is 3.32. The fourth-order valence-corrected chi connectivity index (χ4v) is 2.35. The first-order valence-corrected chi connectivity index (χ1v) is 6.25. The summed E-state index contributed by atoms with van der Waals surface area (Å²) in [5.74, 6) is 0.476. The first-order valence-electron chi connectivity index (χ1n) is 5.46. The number of nitrogens with zero attached hydrogens (tertiary/aromatic N) is 3. The van der Waals surface area contributed by atoms with Crippen LogP contribution in [-0.4, -0.2) is 23.6 Å². The van der Waals surface area contributed by atoms with Gasteiger partial charge in [0.25, 0.3) is 0 Å². The molecule has 0 aliphatic rings. The Morgan fingerprint density at radius 2 is 2.00 bits per heavy atom. The maximum Gasteiger partial charge on any atom is 0.206 e. The molecule has 0 aliphatic carbocycles. The van der Waals surface area contributed by atoms with Gasteiger partial charge in [0, 0.05) is 24.6 Å². The standard InChI is InChI=1S/C12H15BrFN3/c1-7(2)17-10-6-8(13)5-9(14)11(10)15-12(17)16(3)4/h5-7H,1-4H3. The zero-order valence-corrected chi connectivity index (χ0v) is 11.9. The van der Waals surface area contributed by atoms with Gasteiger partial charge in [0.2, 0.25) is 5.95 Å². The van der Waals surface area contributed by atoms with Gasteiger partial charge >= 0.3 is 0 Å². The second-order valence-corrected chi connectivity index (χ2v) is 5.44. The van der Waals surface area contributed by atoms with Crippen molar-refractivity contribution in [1.29, 1.82) is 0 Å². The third-order valence-corrected chi connectivity index (χ3v) is 3.07. The Kier molecular flexibility index (Phi) is 3.12. The van der Waals surface area contributed by atoms with Crippen molar-refractivity contribution in [3.63, 3.8) is 0 Å². The van der Waals surface area contributed by atoms with Crippen LogP contribution in [0.1, 0.15) is 19.9 Å². The van der Waals surface area contributed by atoms with Gasteiger partial charge in [0.15, 0.2) is 5.82 Å². The Labute approximate surface area is 108 Å². The summed E-state index contributed by atoms with van der Waals surface area (Å²) in [6, 6.07) is 3.57. The lowest BCUT2D eigenvalue weighted by atomic mass is 10.3. The highest BCUT2D eigenvalue weighted by molar-refractivity contribution is 9.10. The quantitative estimate of drug-likeness (QED) is 0.845. The molecule has 0 spiro atoms. The lowest BCUT2D eigenvalue weighted by Crippen LogP contribution is -2.16. The first-order chi connectivity index (χ1) is 7.91. The molecular formula is C12H15BrFN3. The van der Waals surface area contributed by atoms with Gasteiger partial charge in [0.05, 0.1) is 5.52 Å². The maximum atomic E-state index is 13.8. The maximum absolute atomic E-state index is 13.8. The number of imidazole rings is 1. The van der Waals surface area contributed by atoms with Crippen LogP contribution in [0.25, 0.3) is 11.0 Å². The molecular weight excluding hydrogens is 285 g/mol. The molecule has 0 bridgehead atoms. The summed E-state index contributed by atoms with van der Waals surface area (Å²) in [6.07, 6.45) is 0. The minimum Gasteiger partial charge on any atom is -0.348 e. The Bertz CT molecular complexity index is 560. The van der Waals surface area contributed by atoms with Gasteiger partial charge in [0.1, 0.15) is 5.52 Å². The average Bonchev–Trinajstić information content (AvgIpc) is 2.56. The highest BCUT2D eigenvalue weighted by Crippen LogP contribution is 2.29. The predicted octanol–water partition coefficient (Wildman–Crippen LogP) is 3.58. The highest BCUT2D eigenvalue weighted by Gasteiger charge is 2.17. The lowest BCUT2D eigenvalue weighted by Gasteiger charge is -2.17. The van der Waals surface area contributed by atoms with Crippen molar-refractivity contribution in [2.45, 2.75) is 19.9 Å². The molecule has 0 amide bonds. The van der Waals surface area contributed by atoms with Crippen molar-refractivity contribution < 1.29 is 4.39 Å². The van der Waals surface area contributed by atoms with E-state index < -0.39 is 0 Å². The molecule has 0 radical (unpaired) electrons. The normalized spacial score (nSPS) is 11.5. The summed E-state index contributed by atoms with van der Waals surface area (Å²) < 4.78 is 16.6. The fourth-order valence-electron chi connectivity index (χ4n) is 1.93. The zero-order chi connectivity index (χ0) is 12.7. The van der Waals surface area contributed by atoms with Crippen molar-refractivity contribution in [3.8, 4) is 0 Å². The molecule has 0 aliphatic heterocycles. The number of halogens is 2. The van der Waals surface area contributed by atoms with Gasteiger partial charge in [-0.05, 0) is 26.0 Å². The van der Waals surface area contributed by atoms with Gasteiger partial charge in [-0.25, -0.2) is 9.37 Å². The molecule has 0 saturated heterocycles. The third-order valence-electron chi connectivity index (χ3n) is 2.61. The summed E-state index contributed by atoms with van der Waals surface area (Å²) in [5.41, 5.74) is 1.24. The molecule has 1 aromatic heterocycles. The number of rotatable bonds is 2. The highest BCUT2D eigenvalue weighted by atomic mass is 79.9. The fraction of sp³-hybridized carbons (Fsp3) is 0.417. The minimum atomic E-state index is -0.295. The van der Waals surface area contributed by atoms with Crippen molar-refractivity contribution in [3.05, 3.63) is 22.4 Å². The van der Waals surface area contributed by atoms with Crippen molar-refractivity contribution in [1.82, 2.24) is 9.55 Å². The molecule has 0 saturated carbocycles. The zero-order valence-electron chi connectivity index (χ0n) is 10.3. The summed E-state index contributed by atoms with van der Waals surface area (Å²) in [7, 11) is 3.82. The van der Waals surface area contributed by atoms with Gasteiger partial charge in [-0.2, -0.15) is 0 Å². The second-order valence-electron chi connectivity index (χ2n) is 4.53. The van der Waals surface area contributed by atoms with Crippen LogP contribution in [0.3, 0.4) is 0 Å². The molecule has 0 fully saturated rings. The number of hydrogen-bond donors (Lipinski definition) is 0. The van der Waals surface area contributed by atoms with E-state index in [0.29, 0.717) is 5.52 Å². The Balaban J connectivity index is 2.85. The molecule has 0 unspecified atom stereocenters. The number of hydrogen-bond acceptors (Lipinski definition) is 2. The van der Waals surface area contributed by atoms with E-state index in [9.17, 15) is 4.39 Å². The van der Waals surface area contributed by atoms with Crippen LogP contribution in [0, 0.1) is 5.82 Å². The van der Waals surface area contributed by atoms with Crippen LogP contribution in [0.2, 0.25) is 0 Å². The van der Waals surface area contributed by atoms with E-state index in [1.54, 1.807) is 0 Å². The molecule has 3 nitrogen and oxygen atoms in total. The van der Waals surface area contributed by atoms with Gasteiger partial charge in [-0.1, -0.05) is 15.9 Å². The van der Waals surface area contributed by atoms with E-state index in [1.807, 2.05) is 29.6 Å². The topological polar surface area (TPSA) is 21.1 Å². The summed E-state index contributed by atoms with van der Waals surface area (Å²) in [4.78, 5) is 6.26. The molecule has 1 aromatic carbocycles. The molecule has 0 N–H and O–H groups in total. The van der Waals surface area contributed by atoms with Crippen LogP contribution in [-0.2, 0) is 0 Å². The van der Waals surface area contributed by atoms with E-state index in [1.165, 1.54) is 6.07 Å². The predicted molar refractivity (Wildman–Crippen MR) is 72.1 cm³/mol. The first kappa shape index (κ1) is 12.4. The summed E-state index contributed by atoms with van der Waals surface area (Å²) in [6.45, 7) is 4.12. The number of fused-ring (bicyclic) bond motifs is 1. The van der Waals surface area contributed by atoms with E-state index in [2.05, 4.69) is 34.8 Å². The number of benzene rings is 1. The van der Waals surface area contributed by atoms with E-state index in [4.69, 9.17) is 0 Å². The monoisotopic (exact) mass is 299 g/mol. The molecule has 0 atom stereocenters. The molecule has 2 aromatic rings.